The molecule has 0 aromatic heterocycles. The molecule has 0 spiro atoms. The minimum absolute atomic E-state index is 0.0420. The second-order valence-corrected chi connectivity index (χ2v) is 5.91. The fourth-order valence-electron chi connectivity index (χ4n) is 3.31. The Kier molecular flexibility index (Phi) is 3.93. The summed E-state index contributed by atoms with van der Waals surface area (Å²) in [6, 6.07) is 0. The van der Waals surface area contributed by atoms with Crippen LogP contribution in [0.5, 0.6) is 0 Å². The number of rotatable bonds is 5. The zero-order valence-electron chi connectivity index (χ0n) is 11.1. The number of carbonyl (C=O) groups excluding carboxylic acids is 1. The molecule has 0 radical (unpaired) electrons. The average Bonchev–Trinajstić information content (AvgIpc) is 2.76. The average molecular weight is 253 g/mol. The lowest BCUT2D eigenvalue weighted by Crippen LogP contribution is -2.44. The van der Waals surface area contributed by atoms with Crippen molar-refractivity contribution in [2.75, 3.05) is 6.54 Å². The quantitative estimate of drug-likeness (QED) is 0.789. The predicted octanol–water partition coefficient (Wildman–Crippen LogP) is 2.18. The predicted molar refractivity (Wildman–Crippen MR) is 68.1 cm³/mol. The second kappa shape index (κ2) is 5.29. The van der Waals surface area contributed by atoms with Crippen molar-refractivity contribution in [1.29, 1.82) is 0 Å². The van der Waals surface area contributed by atoms with Crippen molar-refractivity contribution in [2.24, 2.45) is 17.3 Å². The van der Waals surface area contributed by atoms with E-state index in [2.05, 4.69) is 12.2 Å². The van der Waals surface area contributed by atoms with Gasteiger partial charge in [-0.05, 0) is 37.5 Å². The SMILES string of the molecule is CCC1(CNC(=O)C2CCCC2C(=O)O)CCC1. The molecule has 0 aliphatic heterocycles. The highest BCUT2D eigenvalue weighted by Gasteiger charge is 2.40. The number of nitrogens with one attached hydrogen (secondary N) is 1. The summed E-state index contributed by atoms with van der Waals surface area (Å²) in [5, 5.41) is 12.1. The highest BCUT2D eigenvalue weighted by Crippen LogP contribution is 2.43. The molecule has 4 nitrogen and oxygen atoms in total. The first-order valence-corrected chi connectivity index (χ1v) is 7.08. The molecule has 2 aliphatic rings. The van der Waals surface area contributed by atoms with Crippen LogP contribution in [-0.2, 0) is 9.59 Å². The summed E-state index contributed by atoms with van der Waals surface area (Å²) in [4.78, 5) is 23.1. The van der Waals surface area contributed by atoms with Crippen molar-refractivity contribution in [3.05, 3.63) is 0 Å². The summed E-state index contributed by atoms with van der Waals surface area (Å²) < 4.78 is 0. The van der Waals surface area contributed by atoms with E-state index < -0.39 is 11.9 Å². The second-order valence-electron chi connectivity index (χ2n) is 5.91. The monoisotopic (exact) mass is 253 g/mol. The molecule has 0 aromatic carbocycles. The Morgan fingerprint density at radius 3 is 2.39 bits per heavy atom. The van der Waals surface area contributed by atoms with Crippen LogP contribution in [0.25, 0.3) is 0 Å². The summed E-state index contributed by atoms with van der Waals surface area (Å²) in [6.07, 6.45) is 6.96. The summed E-state index contributed by atoms with van der Waals surface area (Å²) in [6.45, 7) is 2.89. The van der Waals surface area contributed by atoms with Crippen molar-refractivity contribution in [1.82, 2.24) is 5.32 Å². The molecule has 0 bridgehead atoms. The first-order valence-electron chi connectivity index (χ1n) is 7.08. The van der Waals surface area contributed by atoms with E-state index in [4.69, 9.17) is 5.11 Å². The third-order valence-electron chi connectivity index (χ3n) is 4.97. The number of hydrogen-bond donors (Lipinski definition) is 2. The molecule has 2 atom stereocenters. The molecule has 2 N–H and O–H groups in total. The van der Waals surface area contributed by atoms with Gasteiger partial charge in [-0.15, -0.1) is 0 Å². The van der Waals surface area contributed by atoms with Gasteiger partial charge in [0, 0.05) is 6.54 Å². The van der Waals surface area contributed by atoms with Crippen LogP contribution in [0.4, 0.5) is 0 Å². The van der Waals surface area contributed by atoms with Crippen LogP contribution in [0, 0.1) is 17.3 Å². The van der Waals surface area contributed by atoms with E-state index in [0.717, 1.165) is 25.8 Å². The third kappa shape index (κ3) is 2.52. The number of amides is 1. The van der Waals surface area contributed by atoms with Crippen molar-refractivity contribution in [3.8, 4) is 0 Å². The van der Waals surface area contributed by atoms with Gasteiger partial charge in [-0.25, -0.2) is 0 Å². The number of carboxylic acid groups (broad SMARTS) is 1. The molecule has 1 amide bonds. The minimum Gasteiger partial charge on any atom is -0.481 e. The Hall–Kier alpha value is -1.06. The number of carboxylic acids is 1. The maximum atomic E-state index is 12.1. The summed E-state index contributed by atoms with van der Waals surface area (Å²) >= 11 is 0. The van der Waals surface area contributed by atoms with Crippen LogP contribution >= 0.6 is 0 Å². The highest BCUT2D eigenvalue weighted by molar-refractivity contribution is 5.85. The van der Waals surface area contributed by atoms with Gasteiger partial charge in [-0.2, -0.15) is 0 Å². The summed E-state index contributed by atoms with van der Waals surface area (Å²) in [5.74, 6) is -1.64. The lowest BCUT2D eigenvalue weighted by Gasteiger charge is -2.41. The van der Waals surface area contributed by atoms with E-state index in [1.807, 2.05) is 0 Å². The Morgan fingerprint density at radius 2 is 1.89 bits per heavy atom. The van der Waals surface area contributed by atoms with Gasteiger partial charge in [0.05, 0.1) is 11.8 Å². The topological polar surface area (TPSA) is 66.4 Å². The van der Waals surface area contributed by atoms with Crippen molar-refractivity contribution < 1.29 is 14.7 Å². The van der Waals surface area contributed by atoms with Gasteiger partial charge in [-0.3, -0.25) is 9.59 Å². The Morgan fingerprint density at radius 1 is 1.22 bits per heavy atom. The van der Waals surface area contributed by atoms with Crippen LogP contribution < -0.4 is 5.32 Å². The molecule has 0 saturated heterocycles. The van der Waals surface area contributed by atoms with E-state index >= 15 is 0 Å². The molecule has 0 heterocycles. The van der Waals surface area contributed by atoms with Crippen LogP contribution in [0.1, 0.15) is 51.9 Å². The molecule has 2 fully saturated rings. The van der Waals surface area contributed by atoms with Gasteiger partial charge in [0.1, 0.15) is 0 Å². The zero-order valence-corrected chi connectivity index (χ0v) is 11.1. The van der Waals surface area contributed by atoms with E-state index in [1.54, 1.807) is 0 Å². The molecule has 2 aliphatic carbocycles. The molecular formula is C14H23NO3. The van der Waals surface area contributed by atoms with Crippen LogP contribution in [0.3, 0.4) is 0 Å². The van der Waals surface area contributed by atoms with Crippen LogP contribution in [-0.4, -0.2) is 23.5 Å². The molecule has 2 unspecified atom stereocenters. The van der Waals surface area contributed by atoms with E-state index in [-0.39, 0.29) is 11.8 Å². The molecule has 102 valence electrons. The molecule has 18 heavy (non-hydrogen) atoms. The largest absolute Gasteiger partial charge is 0.481 e. The van der Waals surface area contributed by atoms with Gasteiger partial charge in [-0.1, -0.05) is 19.8 Å². The first kappa shape index (κ1) is 13.4. The van der Waals surface area contributed by atoms with Crippen molar-refractivity contribution in [2.45, 2.75) is 51.9 Å². The standard InChI is InChI=1S/C14H23NO3/c1-2-14(7-4-8-14)9-15-12(16)10-5-3-6-11(10)13(17)18/h10-11H,2-9H2,1H3,(H,15,16)(H,17,18). The van der Waals surface area contributed by atoms with Gasteiger partial charge >= 0.3 is 5.97 Å². The van der Waals surface area contributed by atoms with Crippen molar-refractivity contribution in [3.63, 3.8) is 0 Å². The van der Waals surface area contributed by atoms with Gasteiger partial charge in [0.25, 0.3) is 0 Å². The normalized spacial score (nSPS) is 29.6. The third-order valence-corrected chi connectivity index (χ3v) is 4.97. The fourth-order valence-corrected chi connectivity index (χ4v) is 3.31. The van der Waals surface area contributed by atoms with Crippen molar-refractivity contribution >= 4 is 11.9 Å². The number of hydrogen-bond acceptors (Lipinski definition) is 2. The zero-order chi connectivity index (χ0) is 13.2. The minimum atomic E-state index is -0.818. The van der Waals surface area contributed by atoms with Crippen LogP contribution in [0.15, 0.2) is 0 Å². The van der Waals surface area contributed by atoms with Gasteiger partial charge in [0.2, 0.25) is 5.91 Å². The maximum Gasteiger partial charge on any atom is 0.307 e. The first-order chi connectivity index (χ1) is 8.58. The molecule has 2 saturated carbocycles. The lowest BCUT2D eigenvalue weighted by molar-refractivity contribution is -0.146. The smallest absolute Gasteiger partial charge is 0.307 e. The van der Waals surface area contributed by atoms with Gasteiger partial charge < -0.3 is 10.4 Å². The lowest BCUT2D eigenvalue weighted by atomic mass is 9.67. The molecule has 0 aromatic rings. The van der Waals surface area contributed by atoms with E-state index in [1.165, 1.54) is 19.3 Å². The molecule has 2 rings (SSSR count). The maximum absolute atomic E-state index is 12.1. The van der Waals surface area contributed by atoms with E-state index in [9.17, 15) is 9.59 Å². The molecular weight excluding hydrogens is 230 g/mol. The number of aliphatic carboxylic acids is 1. The highest BCUT2D eigenvalue weighted by atomic mass is 16.4. The van der Waals surface area contributed by atoms with Gasteiger partial charge in [0.15, 0.2) is 0 Å². The summed E-state index contributed by atoms with van der Waals surface area (Å²) in [5.41, 5.74) is 0.299. The summed E-state index contributed by atoms with van der Waals surface area (Å²) in [7, 11) is 0. The fraction of sp³-hybridized carbons (Fsp3) is 0.857. The Labute approximate surface area is 108 Å². The Balaban J connectivity index is 1.86. The number of carbonyl (C=O) groups is 2. The molecule has 4 heteroatoms. The van der Waals surface area contributed by atoms with Crippen LogP contribution in [0.2, 0.25) is 0 Å². The Bertz CT molecular complexity index is 330. The van der Waals surface area contributed by atoms with E-state index in [0.29, 0.717) is 11.8 Å².